The van der Waals surface area contributed by atoms with E-state index in [2.05, 4.69) is 20.9 Å². The molecule has 0 bridgehead atoms. The third kappa shape index (κ3) is 13.0. The lowest BCUT2D eigenvalue weighted by Crippen LogP contribution is -2.39. The van der Waals surface area contributed by atoms with E-state index in [0.717, 1.165) is 12.2 Å². The number of nitrogens with zero attached hydrogens (tertiary/aromatic N) is 1. The van der Waals surface area contributed by atoms with Crippen molar-refractivity contribution in [1.82, 2.24) is 15.6 Å². The number of amides is 2. The van der Waals surface area contributed by atoms with Gasteiger partial charge in [-0.25, -0.2) is 14.2 Å². The molecule has 1 unspecified atom stereocenters. The molecule has 0 spiro atoms. The summed E-state index contributed by atoms with van der Waals surface area (Å²) in [4.78, 5) is 48.9. The van der Waals surface area contributed by atoms with Crippen LogP contribution < -0.4 is 16.0 Å². The summed E-state index contributed by atoms with van der Waals surface area (Å²) in [5.74, 6) is -4.18. The molecule has 0 saturated heterocycles. The van der Waals surface area contributed by atoms with Crippen LogP contribution in [-0.2, 0) is 19.2 Å². The van der Waals surface area contributed by atoms with Crippen molar-refractivity contribution < 1.29 is 47.0 Å². The quantitative estimate of drug-likeness (QED) is 0.140. The second kappa shape index (κ2) is 17.1. The number of hydrogen-bond acceptors (Lipinski definition) is 6. The number of benzene rings is 2. The van der Waals surface area contributed by atoms with Gasteiger partial charge in [0.2, 0.25) is 11.8 Å². The second-order valence-electron chi connectivity index (χ2n) is 9.00. The number of carbonyl (C=O) groups excluding carboxylic acids is 2. The van der Waals surface area contributed by atoms with Crippen molar-refractivity contribution in [3.8, 4) is 11.1 Å². The molecule has 2 amide bonds. The van der Waals surface area contributed by atoms with Gasteiger partial charge < -0.3 is 26.2 Å². The maximum atomic E-state index is 14.0. The summed E-state index contributed by atoms with van der Waals surface area (Å²) in [6.45, 7) is 0.422. The number of aromatic nitrogens is 1. The zero-order chi connectivity index (χ0) is 31.8. The monoisotopic (exact) mass is 606 g/mol. The van der Waals surface area contributed by atoms with Gasteiger partial charge in [-0.3, -0.25) is 14.4 Å². The number of hydrogen-bond donors (Lipinski definition) is 5. The van der Waals surface area contributed by atoms with Crippen LogP contribution in [0, 0.1) is 5.82 Å². The molecule has 10 nitrogen and oxygen atoms in total. The molecular formula is C29H30F4N4O6. The van der Waals surface area contributed by atoms with Crippen LogP contribution in [0.1, 0.15) is 37.3 Å². The fraction of sp³-hybridized carbons (Fsp3) is 0.276. The summed E-state index contributed by atoms with van der Waals surface area (Å²) in [5, 5.41) is 24.8. The molecule has 1 aromatic heterocycles. The van der Waals surface area contributed by atoms with Crippen molar-refractivity contribution in [3.63, 3.8) is 0 Å². The molecule has 1 atom stereocenters. The highest BCUT2D eigenvalue weighted by Gasteiger charge is 2.38. The van der Waals surface area contributed by atoms with Gasteiger partial charge in [0, 0.05) is 24.7 Å². The minimum Gasteiger partial charge on any atom is -0.481 e. The van der Waals surface area contributed by atoms with Crippen molar-refractivity contribution in [3.05, 3.63) is 84.3 Å². The number of pyridine rings is 1. The largest absolute Gasteiger partial charge is 0.490 e. The number of carbonyl (C=O) groups is 4. The predicted molar refractivity (Wildman–Crippen MR) is 148 cm³/mol. The lowest BCUT2D eigenvalue weighted by atomic mass is 9.99. The van der Waals surface area contributed by atoms with Gasteiger partial charge in [-0.2, -0.15) is 13.2 Å². The van der Waals surface area contributed by atoms with E-state index in [1.807, 2.05) is 18.2 Å². The average molecular weight is 607 g/mol. The normalized spacial score (nSPS) is 11.3. The second-order valence-corrected chi connectivity index (χ2v) is 9.00. The first kappa shape index (κ1) is 34.2. The van der Waals surface area contributed by atoms with Gasteiger partial charge >= 0.3 is 18.1 Å². The van der Waals surface area contributed by atoms with E-state index in [4.69, 9.17) is 9.90 Å². The Balaban J connectivity index is 0.000000821. The Bertz CT molecular complexity index is 1360. The highest BCUT2D eigenvalue weighted by molar-refractivity contribution is 5.85. The number of carboxylic acid groups (broad SMARTS) is 2. The van der Waals surface area contributed by atoms with Crippen molar-refractivity contribution in [2.45, 2.75) is 37.9 Å². The van der Waals surface area contributed by atoms with Crippen molar-refractivity contribution in [2.24, 2.45) is 0 Å². The molecule has 0 aliphatic heterocycles. The maximum Gasteiger partial charge on any atom is 0.490 e. The maximum absolute atomic E-state index is 14.0. The molecule has 3 rings (SSSR count). The van der Waals surface area contributed by atoms with Gasteiger partial charge in [0.15, 0.2) is 0 Å². The van der Waals surface area contributed by atoms with Crippen LogP contribution in [0.3, 0.4) is 0 Å². The van der Waals surface area contributed by atoms with Crippen molar-refractivity contribution in [2.75, 3.05) is 18.4 Å². The molecular weight excluding hydrogens is 576 g/mol. The molecule has 3 aromatic rings. The smallest absolute Gasteiger partial charge is 0.481 e. The minimum atomic E-state index is -5.08. The van der Waals surface area contributed by atoms with Gasteiger partial charge in [-0.15, -0.1) is 0 Å². The highest BCUT2D eigenvalue weighted by Crippen LogP contribution is 2.25. The van der Waals surface area contributed by atoms with Gasteiger partial charge in [0.25, 0.3) is 0 Å². The van der Waals surface area contributed by atoms with E-state index in [0.29, 0.717) is 29.7 Å². The molecule has 230 valence electrons. The molecule has 0 aliphatic carbocycles. The van der Waals surface area contributed by atoms with E-state index >= 15 is 0 Å². The first-order valence-corrected chi connectivity index (χ1v) is 12.9. The standard InChI is InChI=1S/C27H29FN4O4.C2HF3O2/c28-22-8-2-1-7-21(22)19-11-13-20(14-12-19)23(17-27(35)36)32-26(34)18-31-25(33)10-4-6-16-30-24-9-3-5-15-29-24;3-2(4,5)1(6)7/h1-3,5,7-9,11-15,23H,4,6,10,16-18H2,(H,29,30)(H,31,33)(H,32,34)(H,35,36);(H,6,7). The summed E-state index contributed by atoms with van der Waals surface area (Å²) in [6.07, 6.45) is -2.04. The molecule has 14 heteroatoms. The Labute approximate surface area is 244 Å². The number of rotatable bonds is 13. The number of unbranched alkanes of at least 4 members (excludes halogenated alkanes) is 1. The lowest BCUT2D eigenvalue weighted by molar-refractivity contribution is -0.192. The van der Waals surface area contributed by atoms with E-state index in [1.54, 1.807) is 48.7 Å². The number of halogens is 4. The lowest BCUT2D eigenvalue weighted by Gasteiger charge is -2.18. The van der Waals surface area contributed by atoms with Crippen molar-refractivity contribution >= 4 is 29.6 Å². The number of carboxylic acids is 2. The van der Waals surface area contributed by atoms with E-state index in [9.17, 15) is 37.1 Å². The average Bonchev–Trinajstić information content (AvgIpc) is 2.96. The Hall–Kier alpha value is -5.01. The predicted octanol–water partition coefficient (Wildman–Crippen LogP) is 4.55. The first-order valence-electron chi connectivity index (χ1n) is 12.9. The summed E-state index contributed by atoms with van der Waals surface area (Å²) >= 11 is 0. The van der Waals surface area contributed by atoms with Gasteiger partial charge in [-0.05, 0) is 42.2 Å². The summed E-state index contributed by atoms with van der Waals surface area (Å²) < 4.78 is 45.8. The fourth-order valence-electron chi connectivity index (χ4n) is 3.62. The summed E-state index contributed by atoms with van der Waals surface area (Å²) in [5.41, 5.74) is 1.63. The van der Waals surface area contributed by atoms with Gasteiger partial charge in [-0.1, -0.05) is 48.5 Å². The Morgan fingerprint density at radius 2 is 1.51 bits per heavy atom. The molecule has 43 heavy (non-hydrogen) atoms. The highest BCUT2D eigenvalue weighted by atomic mass is 19.4. The van der Waals surface area contributed by atoms with Crippen LogP contribution in [0.25, 0.3) is 11.1 Å². The molecule has 1 heterocycles. The number of aliphatic carboxylic acids is 2. The van der Waals surface area contributed by atoms with Crippen molar-refractivity contribution in [1.29, 1.82) is 0 Å². The van der Waals surface area contributed by atoms with E-state index in [-0.39, 0.29) is 31.1 Å². The molecule has 2 aromatic carbocycles. The third-order valence-electron chi connectivity index (χ3n) is 5.70. The molecule has 0 fully saturated rings. The van der Waals surface area contributed by atoms with Gasteiger partial charge in [0.1, 0.15) is 11.6 Å². The summed E-state index contributed by atoms with van der Waals surface area (Å²) in [6, 6.07) is 17.8. The van der Waals surface area contributed by atoms with Crippen LogP contribution in [0.2, 0.25) is 0 Å². The Kier molecular flexibility index (Phi) is 13.6. The molecule has 0 radical (unpaired) electrons. The first-order chi connectivity index (χ1) is 20.4. The number of nitrogens with one attached hydrogen (secondary N) is 3. The zero-order valence-corrected chi connectivity index (χ0v) is 22.7. The topological polar surface area (TPSA) is 158 Å². The van der Waals surface area contributed by atoms with Crippen LogP contribution in [0.15, 0.2) is 72.9 Å². The van der Waals surface area contributed by atoms with Crippen LogP contribution in [0.4, 0.5) is 23.4 Å². The third-order valence-corrected chi connectivity index (χ3v) is 5.70. The van der Waals surface area contributed by atoms with Gasteiger partial charge in [0.05, 0.1) is 19.0 Å². The molecule has 0 aliphatic rings. The summed E-state index contributed by atoms with van der Waals surface area (Å²) in [7, 11) is 0. The van der Waals surface area contributed by atoms with Crippen LogP contribution in [0.5, 0.6) is 0 Å². The van der Waals surface area contributed by atoms with Crippen LogP contribution >= 0.6 is 0 Å². The van der Waals surface area contributed by atoms with E-state index in [1.165, 1.54) is 6.07 Å². The fourth-order valence-corrected chi connectivity index (χ4v) is 3.62. The Morgan fingerprint density at radius 1 is 0.860 bits per heavy atom. The number of anilines is 1. The zero-order valence-electron chi connectivity index (χ0n) is 22.7. The number of alkyl halides is 3. The molecule has 5 N–H and O–H groups in total. The molecule has 0 saturated carbocycles. The Morgan fingerprint density at radius 3 is 2.09 bits per heavy atom. The van der Waals surface area contributed by atoms with Crippen LogP contribution in [-0.4, -0.2) is 58.2 Å². The van der Waals surface area contributed by atoms with E-state index < -0.39 is 30.1 Å². The SMILES string of the molecule is O=C(O)C(F)(F)F.O=C(O)CC(NC(=O)CNC(=O)CCCCNc1ccccn1)c1ccc(-c2ccccc2F)cc1. The minimum absolute atomic E-state index is 0.256.